The predicted molar refractivity (Wildman–Crippen MR) is 112 cm³/mol. The molecule has 0 aliphatic carbocycles. The normalized spacial score (nSPS) is 20.9. The Morgan fingerprint density at radius 3 is 2.13 bits per heavy atom. The molecule has 9 heteroatoms. The molecule has 2 rings (SSSR count). The summed E-state index contributed by atoms with van der Waals surface area (Å²) in [5, 5.41) is 17.5. The van der Waals surface area contributed by atoms with E-state index >= 15 is 0 Å². The molecule has 1 heterocycles. The van der Waals surface area contributed by atoms with E-state index in [-0.39, 0.29) is 33.6 Å². The molecule has 0 aromatic heterocycles. The predicted octanol–water partition coefficient (Wildman–Crippen LogP) is 2.95. The van der Waals surface area contributed by atoms with Crippen molar-refractivity contribution in [2.45, 2.75) is 39.0 Å². The first-order valence-corrected chi connectivity index (χ1v) is 11.1. The Morgan fingerprint density at radius 1 is 1.13 bits per heavy atom. The van der Waals surface area contributed by atoms with E-state index in [4.69, 9.17) is 10.1 Å². The maximum absolute atomic E-state index is 12.9. The summed E-state index contributed by atoms with van der Waals surface area (Å²) in [5.74, 6) is -1.23. The number of carbonyl (C=O) groups excluding carboxylic acids is 2. The Labute approximate surface area is 177 Å². The lowest BCUT2D eigenvalue weighted by molar-refractivity contribution is -0.113. The highest BCUT2D eigenvalue weighted by atomic mass is 32.2. The van der Waals surface area contributed by atoms with Crippen molar-refractivity contribution in [1.29, 1.82) is 5.41 Å². The van der Waals surface area contributed by atoms with Crippen LogP contribution >= 0.6 is 0 Å². The first-order valence-electron chi connectivity index (χ1n) is 9.69. The van der Waals surface area contributed by atoms with Crippen LogP contribution in [-0.4, -0.2) is 55.0 Å². The van der Waals surface area contributed by atoms with Crippen molar-refractivity contribution in [3.05, 3.63) is 41.2 Å². The van der Waals surface area contributed by atoms with Gasteiger partial charge < -0.3 is 15.3 Å². The number of Topliss-reactive ketones (excluding diaryl/α,β-unsaturated/α-hetero) is 1. The minimum Gasteiger partial charge on any atom is -0.508 e. The van der Waals surface area contributed by atoms with E-state index in [1.54, 1.807) is 0 Å². The van der Waals surface area contributed by atoms with Gasteiger partial charge in [0.15, 0.2) is 5.78 Å². The van der Waals surface area contributed by atoms with E-state index in [2.05, 4.69) is 0 Å². The van der Waals surface area contributed by atoms with Gasteiger partial charge in [-0.3, -0.25) is 4.79 Å². The molecule has 2 N–H and O–H groups in total. The molecule has 1 aliphatic heterocycles. The van der Waals surface area contributed by atoms with Crippen LogP contribution in [0.25, 0.3) is 0 Å². The minimum absolute atomic E-state index is 0.0985. The summed E-state index contributed by atoms with van der Waals surface area (Å²) in [6.07, 6.45) is 0.987. The van der Waals surface area contributed by atoms with Crippen LogP contribution in [0.1, 0.15) is 44.5 Å². The van der Waals surface area contributed by atoms with Gasteiger partial charge in [0.1, 0.15) is 12.4 Å². The van der Waals surface area contributed by atoms with Crippen molar-refractivity contribution in [1.82, 2.24) is 4.31 Å². The van der Waals surface area contributed by atoms with E-state index < -0.39 is 34.1 Å². The van der Waals surface area contributed by atoms with Gasteiger partial charge >= 0.3 is 5.97 Å². The first-order chi connectivity index (χ1) is 13.9. The largest absolute Gasteiger partial charge is 0.508 e. The maximum Gasteiger partial charge on any atom is 0.338 e. The molecule has 30 heavy (non-hydrogen) atoms. The SMILES string of the molecule is CC(=N)/C(C(C)=O)=C(/O)COC(=O)c1ccc(S(=O)(=O)N2CC(C)CC(C)C2)cc1. The summed E-state index contributed by atoms with van der Waals surface area (Å²) in [6.45, 7) is 6.97. The Hall–Kier alpha value is -2.52. The van der Waals surface area contributed by atoms with Gasteiger partial charge in [0.05, 0.1) is 16.0 Å². The number of rotatable bonds is 7. The molecular weight excluding hydrogens is 408 g/mol. The number of aliphatic hydroxyl groups excluding tert-OH is 1. The third-order valence-corrected chi connectivity index (χ3v) is 6.76. The van der Waals surface area contributed by atoms with E-state index in [1.807, 2.05) is 13.8 Å². The molecular formula is C21H28N2O6S. The monoisotopic (exact) mass is 436 g/mol. The van der Waals surface area contributed by atoms with E-state index in [0.29, 0.717) is 13.1 Å². The third kappa shape index (κ3) is 5.54. The van der Waals surface area contributed by atoms with Gasteiger partial charge in [0, 0.05) is 18.8 Å². The second-order valence-corrected chi connectivity index (χ2v) is 9.81. The Balaban J connectivity index is 2.11. The van der Waals surface area contributed by atoms with Crippen molar-refractivity contribution < 1.29 is 27.9 Å². The van der Waals surface area contributed by atoms with Crippen molar-refractivity contribution in [2.75, 3.05) is 19.7 Å². The number of benzene rings is 1. The molecule has 8 nitrogen and oxygen atoms in total. The lowest BCUT2D eigenvalue weighted by atomic mass is 9.94. The van der Waals surface area contributed by atoms with E-state index in [9.17, 15) is 23.1 Å². The second kappa shape index (κ2) is 9.53. The highest BCUT2D eigenvalue weighted by molar-refractivity contribution is 7.89. The number of ketones is 1. The fourth-order valence-electron chi connectivity index (χ4n) is 3.69. The molecule has 0 saturated carbocycles. The lowest BCUT2D eigenvalue weighted by Gasteiger charge is -2.34. The molecule has 0 radical (unpaired) electrons. The Kier molecular flexibility index (Phi) is 7.54. The number of ether oxygens (including phenoxy) is 1. The molecule has 2 atom stereocenters. The van der Waals surface area contributed by atoms with Crippen LogP contribution in [0.2, 0.25) is 0 Å². The van der Waals surface area contributed by atoms with Gasteiger partial charge in [0.2, 0.25) is 10.0 Å². The average molecular weight is 437 g/mol. The van der Waals surface area contributed by atoms with Crippen LogP contribution in [0.5, 0.6) is 0 Å². The van der Waals surface area contributed by atoms with Gasteiger partial charge in [-0.25, -0.2) is 13.2 Å². The van der Waals surface area contributed by atoms with Gasteiger partial charge in [-0.2, -0.15) is 4.31 Å². The van der Waals surface area contributed by atoms with Crippen LogP contribution in [0.15, 0.2) is 40.5 Å². The second-order valence-electron chi connectivity index (χ2n) is 7.87. The molecule has 1 fully saturated rings. The number of aliphatic hydroxyl groups is 1. The van der Waals surface area contributed by atoms with Crippen molar-refractivity contribution in [3.8, 4) is 0 Å². The minimum atomic E-state index is -3.65. The standard InChI is InChI=1S/C21H28N2O6S/c1-13-9-14(2)11-23(10-13)30(27,28)18-7-5-17(6-8-18)21(26)29-12-19(25)20(15(3)22)16(4)24/h5-8,13-14,22,25H,9-12H2,1-4H3/b20-19-,22-15?. The molecule has 2 unspecified atom stereocenters. The molecule has 164 valence electrons. The van der Waals surface area contributed by atoms with Crippen LogP contribution in [0, 0.1) is 17.2 Å². The lowest BCUT2D eigenvalue weighted by Crippen LogP contribution is -2.42. The summed E-state index contributed by atoms with van der Waals surface area (Å²) in [7, 11) is -3.65. The number of piperidine rings is 1. The molecule has 0 spiro atoms. The molecule has 1 aliphatic rings. The van der Waals surface area contributed by atoms with Crippen LogP contribution in [0.3, 0.4) is 0 Å². The molecule has 1 aromatic rings. The average Bonchev–Trinajstić information content (AvgIpc) is 2.64. The van der Waals surface area contributed by atoms with Crippen molar-refractivity contribution in [2.24, 2.45) is 11.8 Å². The molecule has 1 saturated heterocycles. The van der Waals surface area contributed by atoms with Crippen LogP contribution in [-0.2, 0) is 19.6 Å². The van der Waals surface area contributed by atoms with Gasteiger partial charge in [-0.05, 0) is 56.4 Å². The third-order valence-electron chi connectivity index (χ3n) is 4.92. The number of hydrogen-bond donors (Lipinski definition) is 2. The zero-order valence-corrected chi connectivity index (χ0v) is 18.5. The Bertz CT molecular complexity index is 940. The number of esters is 1. The zero-order chi connectivity index (χ0) is 22.6. The van der Waals surface area contributed by atoms with Gasteiger partial charge in [0.25, 0.3) is 0 Å². The highest BCUT2D eigenvalue weighted by Crippen LogP contribution is 2.26. The number of sulfonamides is 1. The van der Waals surface area contributed by atoms with Crippen LogP contribution in [0.4, 0.5) is 0 Å². The zero-order valence-electron chi connectivity index (χ0n) is 17.6. The number of hydrogen-bond acceptors (Lipinski definition) is 7. The Morgan fingerprint density at radius 2 is 1.67 bits per heavy atom. The first kappa shape index (κ1) is 23.8. The van der Waals surface area contributed by atoms with Crippen molar-refractivity contribution >= 4 is 27.5 Å². The fourth-order valence-corrected chi connectivity index (χ4v) is 5.37. The maximum atomic E-state index is 12.9. The van der Waals surface area contributed by atoms with Gasteiger partial charge in [-0.1, -0.05) is 13.8 Å². The number of allylic oxidation sites excluding steroid dienone is 1. The molecule has 0 amide bonds. The summed E-state index contributed by atoms with van der Waals surface area (Å²) >= 11 is 0. The van der Waals surface area contributed by atoms with Gasteiger partial charge in [-0.15, -0.1) is 0 Å². The molecule has 1 aromatic carbocycles. The number of nitrogens with zero attached hydrogens (tertiary/aromatic N) is 1. The number of nitrogens with one attached hydrogen (secondary N) is 1. The quantitative estimate of drug-likeness (QED) is 0.293. The molecule has 0 bridgehead atoms. The van der Waals surface area contributed by atoms with Crippen molar-refractivity contribution in [3.63, 3.8) is 0 Å². The van der Waals surface area contributed by atoms with E-state index in [1.165, 1.54) is 42.4 Å². The van der Waals surface area contributed by atoms with Crippen LogP contribution < -0.4 is 0 Å². The fraction of sp³-hybridized carbons (Fsp3) is 0.476. The highest BCUT2D eigenvalue weighted by Gasteiger charge is 2.31. The summed E-state index contributed by atoms with van der Waals surface area (Å²) in [4.78, 5) is 23.8. The van der Waals surface area contributed by atoms with E-state index in [0.717, 1.165) is 6.42 Å². The summed E-state index contributed by atoms with van der Waals surface area (Å²) < 4.78 is 32.3. The smallest absolute Gasteiger partial charge is 0.338 e. The summed E-state index contributed by atoms with van der Waals surface area (Å²) in [6, 6.07) is 5.41. The topological polar surface area (TPSA) is 125 Å². The summed E-state index contributed by atoms with van der Waals surface area (Å²) in [5.41, 5.74) is -0.223. The number of carbonyl (C=O) groups is 2.